The maximum atomic E-state index is 12.9. The first-order valence-corrected chi connectivity index (χ1v) is 20.2. The van der Waals surface area contributed by atoms with Crippen LogP contribution in [0.4, 0.5) is 4.79 Å². The van der Waals surface area contributed by atoms with Crippen LogP contribution in [0.5, 0.6) is 0 Å². The number of unbranched alkanes of at least 4 members (excludes halogenated alkanes) is 14. The molecule has 0 heterocycles. The molecule has 0 aliphatic rings. The van der Waals surface area contributed by atoms with Gasteiger partial charge in [0.15, 0.2) is 0 Å². The van der Waals surface area contributed by atoms with Crippen LogP contribution in [0, 0.1) is 0 Å². The lowest BCUT2D eigenvalue weighted by molar-refractivity contribution is -0.144. The average molecular weight is 681 g/mol. The minimum absolute atomic E-state index is 0.109. The van der Waals surface area contributed by atoms with Crippen LogP contribution >= 0.6 is 11.8 Å². The summed E-state index contributed by atoms with van der Waals surface area (Å²) >= 11 is 1.42. The van der Waals surface area contributed by atoms with E-state index in [1.807, 2.05) is 11.9 Å². The molecule has 274 valence electrons. The first-order valence-electron chi connectivity index (χ1n) is 19.2. The maximum absolute atomic E-state index is 12.9. The molecule has 1 N–H and O–H groups in total. The monoisotopic (exact) mass is 681 g/mol. The van der Waals surface area contributed by atoms with Crippen LogP contribution < -0.4 is 5.32 Å². The Bertz CT molecular complexity index is 737. The largest absolute Gasteiger partial charge is 0.466 e. The van der Waals surface area contributed by atoms with Gasteiger partial charge in [-0.15, -0.1) is 0 Å². The third kappa shape index (κ3) is 33.9. The van der Waals surface area contributed by atoms with E-state index in [9.17, 15) is 14.4 Å². The van der Waals surface area contributed by atoms with Crippen LogP contribution in [-0.2, 0) is 19.1 Å². The highest BCUT2D eigenvalue weighted by Gasteiger charge is 2.13. The van der Waals surface area contributed by atoms with Crippen molar-refractivity contribution < 1.29 is 23.9 Å². The second-order valence-corrected chi connectivity index (χ2v) is 13.6. The van der Waals surface area contributed by atoms with Gasteiger partial charge >= 0.3 is 11.9 Å². The van der Waals surface area contributed by atoms with E-state index >= 15 is 0 Å². The molecule has 1 amide bonds. The quantitative estimate of drug-likeness (QED) is 0.0411. The van der Waals surface area contributed by atoms with E-state index in [4.69, 9.17) is 9.47 Å². The third-order valence-electron chi connectivity index (χ3n) is 8.04. The molecule has 0 bridgehead atoms. The topological polar surface area (TPSA) is 84.9 Å². The smallest absolute Gasteiger partial charge is 0.306 e. The van der Waals surface area contributed by atoms with Crippen molar-refractivity contribution in [3.05, 3.63) is 24.3 Å². The van der Waals surface area contributed by atoms with Crippen molar-refractivity contribution in [2.45, 2.75) is 162 Å². The van der Waals surface area contributed by atoms with Gasteiger partial charge in [-0.2, -0.15) is 0 Å². The van der Waals surface area contributed by atoms with E-state index in [0.717, 1.165) is 109 Å². The lowest BCUT2D eigenvalue weighted by Gasteiger charge is -2.22. The van der Waals surface area contributed by atoms with Crippen LogP contribution in [-0.4, -0.2) is 67.7 Å². The Labute approximate surface area is 293 Å². The summed E-state index contributed by atoms with van der Waals surface area (Å²) in [5, 5.41) is 3.32. The van der Waals surface area contributed by atoms with Gasteiger partial charge in [0.05, 0.1) is 13.2 Å². The highest BCUT2D eigenvalue weighted by atomic mass is 32.2. The summed E-state index contributed by atoms with van der Waals surface area (Å²) in [7, 11) is 1.93. The number of esters is 2. The van der Waals surface area contributed by atoms with Crippen LogP contribution in [0.2, 0.25) is 0 Å². The van der Waals surface area contributed by atoms with E-state index in [-0.39, 0.29) is 17.2 Å². The number of ether oxygens (including phenoxy) is 2. The van der Waals surface area contributed by atoms with Gasteiger partial charge in [-0.1, -0.05) is 101 Å². The molecule has 0 radical (unpaired) electrons. The summed E-state index contributed by atoms with van der Waals surface area (Å²) in [6, 6.07) is 0. The molecule has 0 aliphatic carbocycles. The van der Waals surface area contributed by atoms with Crippen molar-refractivity contribution in [3.63, 3.8) is 0 Å². The van der Waals surface area contributed by atoms with Crippen LogP contribution in [0.1, 0.15) is 162 Å². The van der Waals surface area contributed by atoms with Gasteiger partial charge in [-0.25, -0.2) is 0 Å². The summed E-state index contributed by atoms with van der Waals surface area (Å²) in [5.41, 5.74) is 0. The number of hydrogen-bond donors (Lipinski definition) is 1. The summed E-state index contributed by atoms with van der Waals surface area (Å²) in [6.45, 7) is 7.86. The van der Waals surface area contributed by atoms with E-state index in [2.05, 4.69) is 43.5 Å². The first kappa shape index (κ1) is 45.2. The Morgan fingerprint density at radius 3 is 1.49 bits per heavy atom. The first-order chi connectivity index (χ1) is 23.0. The van der Waals surface area contributed by atoms with Gasteiger partial charge in [0.1, 0.15) is 0 Å². The Morgan fingerprint density at radius 2 is 1.02 bits per heavy atom. The molecule has 8 heteroatoms. The minimum Gasteiger partial charge on any atom is -0.466 e. The molecule has 0 aliphatic heterocycles. The lowest BCUT2D eigenvalue weighted by atomic mass is 10.1. The molecule has 0 spiro atoms. The molecule has 0 fully saturated rings. The van der Waals surface area contributed by atoms with Crippen molar-refractivity contribution in [2.75, 3.05) is 45.6 Å². The number of rotatable bonds is 34. The number of carbonyl (C=O) groups is 3. The second kappa shape index (κ2) is 37.0. The Kier molecular flexibility index (Phi) is 35.6. The van der Waals surface area contributed by atoms with Crippen molar-refractivity contribution in [3.8, 4) is 0 Å². The number of carbonyl (C=O) groups excluding carboxylic acids is 3. The van der Waals surface area contributed by atoms with E-state index in [0.29, 0.717) is 26.1 Å². The zero-order valence-corrected chi connectivity index (χ0v) is 31.5. The van der Waals surface area contributed by atoms with E-state index < -0.39 is 0 Å². The highest BCUT2D eigenvalue weighted by molar-refractivity contribution is 8.13. The lowest BCUT2D eigenvalue weighted by Crippen LogP contribution is -2.30. The molecule has 0 atom stereocenters. The molecule has 0 saturated carbocycles. The molecule has 7 nitrogen and oxygen atoms in total. The zero-order chi connectivity index (χ0) is 34.5. The molecule has 0 rings (SSSR count). The molecular formula is C39H72N2O5S. The number of thioether (sulfide) groups is 1. The predicted octanol–water partition coefficient (Wildman–Crippen LogP) is 10.6. The fourth-order valence-corrected chi connectivity index (χ4v) is 5.91. The Morgan fingerprint density at radius 1 is 0.574 bits per heavy atom. The number of hydrogen-bond acceptors (Lipinski definition) is 7. The zero-order valence-electron chi connectivity index (χ0n) is 30.7. The number of nitrogens with one attached hydrogen (secondary N) is 1. The average Bonchev–Trinajstić information content (AvgIpc) is 3.07. The van der Waals surface area contributed by atoms with Gasteiger partial charge in [-0.05, 0) is 97.1 Å². The fraction of sp³-hybridized carbons (Fsp3) is 0.821. The standard InChI is InChI=1S/C39H72N2O5S/c1-4-6-8-10-12-14-16-22-29-37(42)45-34-26-20-18-24-32-41(39(44)47-36-28-31-40-3)33-25-19-21-27-35-46-38(43)30-23-17-15-13-11-9-7-5-2/h14-17,40H,4-13,18-36H2,1-3H3/b16-14-,17-15-. The van der Waals surface area contributed by atoms with Crippen LogP contribution in [0.3, 0.4) is 0 Å². The molecule has 0 unspecified atom stereocenters. The molecular weight excluding hydrogens is 609 g/mol. The third-order valence-corrected chi connectivity index (χ3v) is 9.04. The van der Waals surface area contributed by atoms with E-state index in [1.54, 1.807) is 0 Å². The summed E-state index contributed by atoms with van der Waals surface area (Å²) in [6.07, 6.45) is 32.0. The molecule has 0 aromatic heterocycles. The maximum Gasteiger partial charge on any atom is 0.306 e. The van der Waals surface area contributed by atoms with Crippen molar-refractivity contribution in [2.24, 2.45) is 0 Å². The molecule has 0 aromatic rings. The molecule has 0 saturated heterocycles. The molecule has 0 aromatic carbocycles. The number of nitrogens with zero attached hydrogens (tertiary/aromatic N) is 1. The molecule has 47 heavy (non-hydrogen) atoms. The number of amides is 1. The predicted molar refractivity (Wildman–Crippen MR) is 201 cm³/mol. The minimum atomic E-state index is -0.109. The van der Waals surface area contributed by atoms with Gasteiger partial charge in [0.2, 0.25) is 0 Å². The van der Waals surface area contributed by atoms with Crippen molar-refractivity contribution in [1.29, 1.82) is 0 Å². The fourth-order valence-electron chi connectivity index (χ4n) is 5.08. The van der Waals surface area contributed by atoms with Gasteiger partial charge < -0.3 is 19.7 Å². The summed E-state index contributed by atoms with van der Waals surface area (Å²) in [5.74, 6) is 0.611. The SMILES string of the molecule is CCCCCC/C=C\CCC(=O)OCCCCCCN(CCCCCCOC(=O)CC/C=C\CCCCCC)C(=O)SCCCNC. The van der Waals surface area contributed by atoms with Crippen LogP contribution in [0.25, 0.3) is 0 Å². The van der Waals surface area contributed by atoms with Gasteiger partial charge in [0.25, 0.3) is 5.24 Å². The van der Waals surface area contributed by atoms with E-state index in [1.165, 1.54) is 63.1 Å². The Hall–Kier alpha value is -1.80. The van der Waals surface area contributed by atoms with Crippen molar-refractivity contribution >= 4 is 28.9 Å². The Balaban J connectivity index is 4.06. The summed E-state index contributed by atoms with van der Waals surface area (Å²) < 4.78 is 10.8. The highest BCUT2D eigenvalue weighted by Crippen LogP contribution is 2.14. The normalized spacial score (nSPS) is 11.5. The van der Waals surface area contributed by atoms with Crippen molar-refractivity contribution in [1.82, 2.24) is 10.2 Å². The van der Waals surface area contributed by atoms with Gasteiger partial charge in [-0.3, -0.25) is 14.4 Å². The second-order valence-electron chi connectivity index (χ2n) is 12.5. The summed E-state index contributed by atoms with van der Waals surface area (Å²) in [4.78, 5) is 38.9. The van der Waals surface area contributed by atoms with Crippen LogP contribution in [0.15, 0.2) is 24.3 Å². The van der Waals surface area contributed by atoms with Gasteiger partial charge in [0, 0.05) is 31.7 Å². The number of allylic oxidation sites excluding steroid dienone is 4.